The van der Waals surface area contributed by atoms with Crippen molar-refractivity contribution in [3.8, 4) is 5.75 Å². The predicted octanol–water partition coefficient (Wildman–Crippen LogP) is 4.10. The molecule has 3 rings (SSSR count). The minimum atomic E-state index is -0.741. The number of aryl methyl sites for hydroxylation is 1. The van der Waals surface area contributed by atoms with E-state index in [0.29, 0.717) is 16.5 Å². The zero-order valence-corrected chi connectivity index (χ0v) is 14.7. The number of esters is 1. The fourth-order valence-electron chi connectivity index (χ4n) is 2.28. The molecule has 0 N–H and O–H groups in total. The molecular formula is C19H17ClN2O3. The zero-order valence-electron chi connectivity index (χ0n) is 13.9. The summed E-state index contributed by atoms with van der Waals surface area (Å²) in [6.07, 6.45) is -0.741. The maximum Gasteiger partial charge on any atom is 0.347 e. The van der Waals surface area contributed by atoms with Crippen molar-refractivity contribution in [2.45, 2.75) is 26.6 Å². The molecule has 1 heterocycles. The first kappa shape index (κ1) is 17.2. The molecule has 1 atom stereocenters. The van der Waals surface area contributed by atoms with Crippen LogP contribution in [0.15, 0.2) is 48.5 Å². The Morgan fingerprint density at radius 1 is 1.08 bits per heavy atom. The summed E-state index contributed by atoms with van der Waals surface area (Å²) in [6, 6.07) is 14.4. The lowest BCUT2D eigenvalue weighted by Gasteiger charge is -2.14. The number of para-hydroxylation sites is 2. The smallest absolute Gasteiger partial charge is 0.347 e. The molecule has 5 nitrogen and oxygen atoms in total. The number of fused-ring (bicyclic) bond motifs is 1. The third-order valence-electron chi connectivity index (χ3n) is 3.65. The molecule has 2 aromatic carbocycles. The zero-order chi connectivity index (χ0) is 17.8. The molecule has 128 valence electrons. The number of carbonyl (C=O) groups excluding carboxylic acids is 1. The van der Waals surface area contributed by atoms with Crippen LogP contribution in [0.4, 0.5) is 0 Å². The van der Waals surface area contributed by atoms with Crippen molar-refractivity contribution in [2.75, 3.05) is 0 Å². The summed E-state index contributed by atoms with van der Waals surface area (Å²) in [7, 11) is 0. The van der Waals surface area contributed by atoms with Crippen LogP contribution in [0.5, 0.6) is 5.75 Å². The van der Waals surface area contributed by atoms with Gasteiger partial charge in [-0.2, -0.15) is 0 Å². The highest BCUT2D eigenvalue weighted by atomic mass is 35.5. The van der Waals surface area contributed by atoms with E-state index in [1.54, 1.807) is 31.2 Å². The van der Waals surface area contributed by atoms with Gasteiger partial charge in [0.15, 0.2) is 6.10 Å². The summed E-state index contributed by atoms with van der Waals surface area (Å²) >= 11 is 5.82. The molecule has 0 aliphatic heterocycles. The second-order valence-electron chi connectivity index (χ2n) is 5.57. The van der Waals surface area contributed by atoms with Gasteiger partial charge in [-0.15, -0.1) is 0 Å². The first-order chi connectivity index (χ1) is 12.0. The average molecular weight is 357 g/mol. The fraction of sp³-hybridized carbons (Fsp3) is 0.211. The second-order valence-corrected chi connectivity index (χ2v) is 6.00. The molecule has 0 saturated heterocycles. The molecule has 0 saturated carbocycles. The molecule has 0 aliphatic rings. The Labute approximate surface area is 150 Å². The summed E-state index contributed by atoms with van der Waals surface area (Å²) in [5.74, 6) is 0.0832. The Bertz CT molecular complexity index is 897. The Kier molecular flexibility index (Phi) is 5.14. The van der Waals surface area contributed by atoms with Crippen LogP contribution < -0.4 is 4.74 Å². The molecule has 25 heavy (non-hydrogen) atoms. The number of carbonyl (C=O) groups is 1. The molecule has 0 bridgehead atoms. The van der Waals surface area contributed by atoms with Crippen LogP contribution in [0.2, 0.25) is 5.02 Å². The molecule has 0 fully saturated rings. The van der Waals surface area contributed by atoms with Crippen molar-refractivity contribution in [3.63, 3.8) is 0 Å². The number of hydrogen-bond donors (Lipinski definition) is 0. The van der Waals surface area contributed by atoms with Gasteiger partial charge in [0.2, 0.25) is 0 Å². The van der Waals surface area contributed by atoms with Crippen molar-refractivity contribution < 1.29 is 14.3 Å². The largest absolute Gasteiger partial charge is 0.479 e. The Balaban J connectivity index is 1.63. The van der Waals surface area contributed by atoms with Gasteiger partial charge in [-0.3, -0.25) is 0 Å². The van der Waals surface area contributed by atoms with Crippen molar-refractivity contribution in [1.82, 2.24) is 9.97 Å². The van der Waals surface area contributed by atoms with Crippen LogP contribution in [0.1, 0.15) is 18.3 Å². The molecular weight excluding hydrogens is 340 g/mol. The quantitative estimate of drug-likeness (QED) is 0.644. The lowest BCUT2D eigenvalue weighted by Crippen LogP contribution is -2.26. The van der Waals surface area contributed by atoms with Crippen LogP contribution >= 0.6 is 11.6 Å². The average Bonchev–Trinajstić information content (AvgIpc) is 2.61. The van der Waals surface area contributed by atoms with Gasteiger partial charge in [0.05, 0.1) is 22.4 Å². The van der Waals surface area contributed by atoms with Crippen molar-refractivity contribution >= 4 is 28.6 Å². The van der Waals surface area contributed by atoms with Gasteiger partial charge in [0.1, 0.15) is 12.4 Å². The third-order valence-corrected chi connectivity index (χ3v) is 3.90. The standard InChI is InChI=1S/C19H17ClN2O3/c1-12-18(22-17-6-4-3-5-16(17)21-12)11-24-19(23)13(2)25-15-9-7-14(20)8-10-15/h3-10,13H,11H2,1-2H3. The number of halogens is 1. The Morgan fingerprint density at radius 3 is 2.40 bits per heavy atom. The highest BCUT2D eigenvalue weighted by Crippen LogP contribution is 2.18. The van der Waals surface area contributed by atoms with Crippen molar-refractivity contribution in [1.29, 1.82) is 0 Å². The van der Waals surface area contributed by atoms with Crippen molar-refractivity contribution in [3.05, 3.63) is 64.9 Å². The van der Waals surface area contributed by atoms with E-state index in [-0.39, 0.29) is 6.61 Å². The summed E-state index contributed by atoms with van der Waals surface area (Å²) in [4.78, 5) is 21.1. The van der Waals surface area contributed by atoms with Gasteiger partial charge in [-0.05, 0) is 50.2 Å². The fourth-order valence-corrected chi connectivity index (χ4v) is 2.41. The number of rotatable bonds is 5. The first-order valence-corrected chi connectivity index (χ1v) is 8.22. The maximum atomic E-state index is 12.1. The van der Waals surface area contributed by atoms with E-state index >= 15 is 0 Å². The number of nitrogens with zero attached hydrogens (tertiary/aromatic N) is 2. The summed E-state index contributed by atoms with van der Waals surface area (Å²) in [5.41, 5.74) is 2.95. The van der Waals surface area contributed by atoms with Gasteiger partial charge < -0.3 is 9.47 Å². The lowest BCUT2D eigenvalue weighted by molar-refractivity contribution is -0.152. The normalized spacial score (nSPS) is 12.0. The van der Waals surface area contributed by atoms with Crippen LogP contribution in [-0.2, 0) is 16.1 Å². The Morgan fingerprint density at radius 2 is 1.72 bits per heavy atom. The molecule has 0 aliphatic carbocycles. The number of aromatic nitrogens is 2. The van der Waals surface area contributed by atoms with E-state index in [4.69, 9.17) is 21.1 Å². The summed E-state index contributed by atoms with van der Waals surface area (Å²) < 4.78 is 10.9. The van der Waals surface area contributed by atoms with Gasteiger partial charge in [-0.25, -0.2) is 14.8 Å². The van der Waals surface area contributed by atoms with Crippen molar-refractivity contribution in [2.24, 2.45) is 0 Å². The van der Waals surface area contributed by atoms with E-state index in [1.165, 1.54) is 0 Å². The molecule has 0 spiro atoms. The predicted molar refractivity (Wildman–Crippen MR) is 95.6 cm³/mol. The number of hydrogen-bond acceptors (Lipinski definition) is 5. The van der Waals surface area contributed by atoms with Crippen LogP contribution in [0.3, 0.4) is 0 Å². The number of ether oxygens (including phenoxy) is 2. The molecule has 1 aromatic heterocycles. The molecule has 0 amide bonds. The van der Waals surface area contributed by atoms with E-state index in [0.717, 1.165) is 16.7 Å². The van der Waals surface area contributed by atoms with Gasteiger partial charge in [0, 0.05) is 5.02 Å². The van der Waals surface area contributed by atoms with Gasteiger partial charge in [-0.1, -0.05) is 23.7 Å². The van der Waals surface area contributed by atoms with E-state index in [2.05, 4.69) is 9.97 Å². The molecule has 1 unspecified atom stereocenters. The molecule has 0 radical (unpaired) electrons. The highest BCUT2D eigenvalue weighted by Gasteiger charge is 2.17. The number of benzene rings is 2. The second kappa shape index (κ2) is 7.49. The molecule has 6 heteroatoms. The van der Waals surface area contributed by atoms with Crippen LogP contribution in [0, 0.1) is 6.92 Å². The van der Waals surface area contributed by atoms with Crippen LogP contribution in [0.25, 0.3) is 11.0 Å². The van der Waals surface area contributed by atoms with E-state index in [9.17, 15) is 4.79 Å². The Hall–Kier alpha value is -2.66. The van der Waals surface area contributed by atoms with Crippen LogP contribution in [-0.4, -0.2) is 22.0 Å². The third kappa shape index (κ3) is 4.25. The molecule has 3 aromatic rings. The highest BCUT2D eigenvalue weighted by molar-refractivity contribution is 6.30. The van der Waals surface area contributed by atoms with Gasteiger partial charge in [0.25, 0.3) is 0 Å². The SMILES string of the molecule is Cc1nc2ccccc2nc1COC(=O)C(C)Oc1ccc(Cl)cc1. The maximum absolute atomic E-state index is 12.1. The minimum absolute atomic E-state index is 0.0524. The topological polar surface area (TPSA) is 61.3 Å². The monoisotopic (exact) mass is 356 g/mol. The summed E-state index contributed by atoms with van der Waals surface area (Å²) in [5, 5.41) is 0.605. The first-order valence-electron chi connectivity index (χ1n) is 7.84. The van der Waals surface area contributed by atoms with E-state index in [1.807, 2.05) is 31.2 Å². The minimum Gasteiger partial charge on any atom is -0.479 e. The summed E-state index contributed by atoms with van der Waals surface area (Å²) in [6.45, 7) is 3.53. The van der Waals surface area contributed by atoms with Gasteiger partial charge >= 0.3 is 5.97 Å². The van der Waals surface area contributed by atoms with E-state index < -0.39 is 12.1 Å². The lowest BCUT2D eigenvalue weighted by atomic mass is 10.2.